The molecule has 0 radical (unpaired) electrons. The van der Waals surface area contributed by atoms with E-state index in [4.69, 9.17) is 29.7 Å². The minimum absolute atomic E-state index is 0.246. The van der Waals surface area contributed by atoms with Gasteiger partial charge in [0.25, 0.3) is 0 Å². The van der Waals surface area contributed by atoms with Crippen molar-refractivity contribution in [2.24, 2.45) is 15.0 Å². The van der Waals surface area contributed by atoms with Crippen LogP contribution in [0.2, 0.25) is 0 Å². The highest BCUT2D eigenvalue weighted by Gasteiger charge is 2.34. The molecule has 2 aromatic heterocycles. The molecule has 0 spiro atoms. The Hall–Kier alpha value is -7.42. The highest BCUT2D eigenvalue weighted by molar-refractivity contribution is 7.26. The van der Waals surface area contributed by atoms with Crippen molar-refractivity contribution in [3.05, 3.63) is 198 Å². The fraction of sp³-hybridized carbons (Fsp3) is 0.0769. The Morgan fingerprint density at radius 1 is 0.583 bits per heavy atom. The summed E-state index contributed by atoms with van der Waals surface area (Å²) in [5, 5.41) is 2.40. The lowest BCUT2D eigenvalue weighted by molar-refractivity contribution is 0.418. The second-order valence-corrected chi connectivity index (χ2v) is 16.2. The summed E-state index contributed by atoms with van der Waals surface area (Å²) in [6.07, 6.45) is 0. The molecule has 0 unspecified atom stereocenters. The molecular weight excluding hydrogens is 757 g/mol. The molecule has 0 aliphatic carbocycles. The SMILES string of the molecule is C=N/C(=N\C(=N/Cc1ccccc1)c1cccc(-c2nc(-c3ccccc3)nc(-c3cccc4c3sc3ccccc34)n2)c1)c1ccc2c(c1)Oc1ccccc1C2(C)C. The van der Waals surface area contributed by atoms with Crippen LogP contribution >= 0.6 is 11.3 Å². The Labute approximate surface area is 352 Å². The third-order valence-corrected chi connectivity index (χ3v) is 12.2. The molecule has 60 heavy (non-hydrogen) atoms. The number of aromatic nitrogens is 3. The van der Waals surface area contributed by atoms with Crippen LogP contribution in [0.15, 0.2) is 185 Å². The van der Waals surface area contributed by atoms with Crippen molar-refractivity contribution in [1.82, 2.24) is 15.0 Å². The lowest BCUT2D eigenvalue weighted by Crippen LogP contribution is -2.24. The monoisotopic (exact) mass is 794 g/mol. The van der Waals surface area contributed by atoms with Gasteiger partial charge in [0.1, 0.15) is 11.5 Å². The summed E-state index contributed by atoms with van der Waals surface area (Å²) in [5.41, 5.74) is 7.27. The maximum absolute atomic E-state index is 6.46. The zero-order valence-electron chi connectivity index (χ0n) is 33.1. The summed E-state index contributed by atoms with van der Waals surface area (Å²) < 4.78 is 8.82. The Morgan fingerprint density at radius 2 is 1.23 bits per heavy atom. The molecule has 7 nitrogen and oxygen atoms in total. The van der Waals surface area contributed by atoms with Crippen molar-refractivity contribution in [3.8, 4) is 45.7 Å². The fourth-order valence-electron chi connectivity index (χ4n) is 7.89. The van der Waals surface area contributed by atoms with E-state index in [-0.39, 0.29) is 5.41 Å². The first-order valence-electron chi connectivity index (χ1n) is 19.8. The van der Waals surface area contributed by atoms with E-state index >= 15 is 0 Å². The highest BCUT2D eigenvalue weighted by atomic mass is 32.1. The van der Waals surface area contributed by atoms with Crippen LogP contribution in [0.1, 0.15) is 41.7 Å². The molecule has 0 N–H and O–H groups in total. The second-order valence-electron chi connectivity index (χ2n) is 15.2. The van der Waals surface area contributed by atoms with Crippen molar-refractivity contribution in [3.63, 3.8) is 0 Å². The van der Waals surface area contributed by atoms with Crippen LogP contribution in [-0.2, 0) is 12.0 Å². The number of hydrogen-bond donors (Lipinski definition) is 0. The Bertz CT molecular complexity index is 3150. The fourth-order valence-corrected chi connectivity index (χ4v) is 9.10. The first kappa shape index (κ1) is 36.9. The van der Waals surface area contributed by atoms with E-state index in [1.165, 1.54) is 15.5 Å². The van der Waals surface area contributed by atoms with E-state index in [9.17, 15) is 0 Å². The average molecular weight is 795 g/mol. The lowest BCUT2D eigenvalue weighted by atomic mass is 9.75. The molecule has 0 fully saturated rings. The van der Waals surface area contributed by atoms with E-state index in [0.717, 1.165) is 60.7 Å². The number of thiophene rings is 1. The summed E-state index contributed by atoms with van der Waals surface area (Å²) >= 11 is 1.75. The minimum Gasteiger partial charge on any atom is -0.457 e. The number of aliphatic imine (C=N–C) groups is 3. The summed E-state index contributed by atoms with van der Waals surface area (Å²) in [6.45, 7) is 8.81. The predicted octanol–water partition coefficient (Wildman–Crippen LogP) is 12.8. The number of fused-ring (bicyclic) bond motifs is 5. The number of benzene rings is 7. The van der Waals surface area contributed by atoms with Gasteiger partial charge in [-0.3, -0.25) is 4.99 Å². The Kier molecular flexibility index (Phi) is 9.47. The van der Waals surface area contributed by atoms with Gasteiger partial charge < -0.3 is 4.74 Å². The average Bonchev–Trinajstić information content (AvgIpc) is 3.69. The maximum atomic E-state index is 6.46. The highest BCUT2D eigenvalue weighted by Crippen LogP contribution is 2.48. The normalized spacial score (nSPS) is 13.4. The van der Waals surface area contributed by atoms with Gasteiger partial charge in [-0.2, -0.15) is 0 Å². The van der Waals surface area contributed by atoms with Crippen LogP contribution in [0.3, 0.4) is 0 Å². The molecule has 1 aliphatic heterocycles. The predicted molar refractivity (Wildman–Crippen MR) is 247 cm³/mol. The third-order valence-electron chi connectivity index (χ3n) is 11.0. The van der Waals surface area contributed by atoms with E-state index < -0.39 is 0 Å². The zero-order valence-corrected chi connectivity index (χ0v) is 33.9. The molecule has 0 saturated carbocycles. The molecule has 0 amide bonds. The van der Waals surface area contributed by atoms with Gasteiger partial charge in [-0.25, -0.2) is 24.9 Å². The number of amidine groups is 2. The van der Waals surface area contributed by atoms with Crippen LogP contribution in [0.5, 0.6) is 11.5 Å². The summed E-state index contributed by atoms with van der Waals surface area (Å²) in [6, 6.07) is 57.4. The Balaban J connectivity index is 1.09. The maximum Gasteiger partial charge on any atom is 0.165 e. The van der Waals surface area contributed by atoms with Crippen molar-refractivity contribution in [2.75, 3.05) is 0 Å². The molecule has 1 aliphatic rings. The zero-order chi connectivity index (χ0) is 40.6. The van der Waals surface area contributed by atoms with Crippen molar-refractivity contribution >= 4 is 49.9 Å². The van der Waals surface area contributed by atoms with E-state index in [2.05, 4.69) is 98.4 Å². The quantitative estimate of drug-likeness (QED) is 0.119. The minimum atomic E-state index is -0.246. The summed E-state index contributed by atoms with van der Waals surface area (Å²) in [7, 11) is 0. The smallest absolute Gasteiger partial charge is 0.165 e. The van der Waals surface area contributed by atoms with Crippen LogP contribution < -0.4 is 4.74 Å². The van der Waals surface area contributed by atoms with Crippen molar-refractivity contribution < 1.29 is 4.74 Å². The molecule has 0 atom stereocenters. The van der Waals surface area contributed by atoms with Gasteiger partial charge in [0.05, 0.1) is 6.54 Å². The van der Waals surface area contributed by atoms with Crippen LogP contribution in [-0.4, -0.2) is 33.3 Å². The molecule has 7 aromatic carbocycles. The van der Waals surface area contributed by atoms with Gasteiger partial charge in [0.2, 0.25) is 0 Å². The number of para-hydroxylation sites is 1. The summed E-state index contributed by atoms with van der Waals surface area (Å²) in [5.74, 6) is 4.28. The van der Waals surface area contributed by atoms with E-state index in [1.54, 1.807) is 11.3 Å². The second kappa shape index (κ2) is 15.4. The molecule has 10 rings (SSSR count). The molecular formula is C52H38N6OS. The molecule has 8 heteroatoms. The van der Waals surface area contributed by atoms with Gasteiger partial charge in [0.15, 0.2) is 29.1 Å². The molecule has 288 valence electrons. The van der Waals surface area contributed by atoms with Crippen LogP contribution in [0.25, 0.3) is 54.3 Å². The van der Waals surface area contributed by atoms with Gasteiger partial charge >= 0.3 is 0 Å². The lowest BCUT2D eigenvalue weighted by Gasteiger charge is -2.34. The number of rotatable bonds is 7. The van der Waals surface area contributed by atoms with Gasteiger partial charge in [-0.15, -0.1) is 11.3 Å². The third kappa shape index (κ3) is 6.86. The first-order chi connectivity index (χ1) is 29.4. The van der Waals surface area contributed by atoms with E-state index in [1.807, 2.05) is 97.1 Å². The first-order valence-corrected chi connectivity index (χ1v) is 20.6. The molecule has 0 bridgehead atoms. The Morgan fingerprint density at radius 3 is 2.07 bits per heavy atom. The molecule has 9 aromatic rings. The van der Waals surface area contributed by atoms with Crippen molar-refractivity contribution in [1.29, 1.82) is 0 Å². The molecule has 0 saturated heterocycles. The van der Waals surface area contributed by atoms with Crippen LogP contribution in [0.4, 0.5) is 0 Å². The largest absolute Gasteiger partial charge is 0.457 e. The van der Waals surface area contributed by atoms with Gasteiger partial charge in [-0.05, 0) is 42.6 Å². The standard InChI is InChI=1S/C52H38N6OS/c1-52(2)41-25-11-12-26-43(41)59-44-31-37(28-29-42(44)52)47(53-3)55-48(54-32-33-16-6-4-7-17-33)35-20-14-21-36(30-35)50-56-49(34-18-8-5-9-19-34)57-51(58-50)40-24-15-23-39-38-22-10-13-27-45(38)60-46(39)40/h4-31H,3,32H2,1-2H3/b54-48-,55-47-. The number of nitrogens with zero attached hydrogens (tertiary/aromatic N) is 6. The number of hydrogen-bond acceptors (Lipinski definition) is 6. The number of ether oxygens (including phenoxy) is 1. The van der Waals surface area contributed by atoms with E-state index in [0.29, 0.717) is 35.7 Å². The summed E-state index contributed by atoms with van der Waals surface area (Å²) in [4.78, 5) is 30.0. The van der Waals surface area contributed by atoms with Crippen molar-refractivity contribution in [2.45, 2.75) is 25.8 Å². The van der Waals surface area contributed by atoms with Gasteiger partial charge in [-0.1, -0.05) is 153 Å². The van der Waals surface area contributed by atoms with Crippen LogP contribution in [0, 0.1) is 0 Å². The van der Waals surface area contributed by atoms with Gasteiger partial charge in [0, 0.05) is 64.5 Å². The topological polar surface area (TPSA) is 85.0 Å². The molecule has 3 heterocycles.